The van der Waals surface area contributed by atoms with Crippen LogP contribution in [0.1, 0.15) is 0 Å². The van der Waals surface area contributed by atoms with Crippen LogP contribution in [-0.4, -0.2) is 9.13 Å². The molecule has 0 saturated carbocycles. The second kappa shape index (κ2) is 12.7. The highest BCUT2D eigenvalue weighted by molar-refractivity contribution is 7.25. The lowest BCUT2D eigenvalue weighted by atomic mass is 9.99. The average molecular weight is 743 g/mol. The second-order valence-electron chi connectivity index (χ2n) is 14.9. The first kappa shape index (κ1) is 32.1. The van der Waals surface area contributed by atoms with Gasteiger partial charge in [-0.25, -0.2) is 0 Å². The minimum absolute atomic E-state index is 1.17. The first-order chi connectivity index (χ1) is 28.3. The molecule has 9 aromatic carbocycles. The van der Waals surface area contributed by atoms with Crippen molar-refractivity contribution in [3.8, 4) is 44.8 Å². The van der Waals surface area contributed by atoms with E-state index in [0.29, 0.717) is 0 Å². The number of para-hydroxylation sites is 2. The van der Waals surface area contributed by atoms with Gasteiger partial charge in [-0.2, -0.15) is 0 Å². The monoisotopic (exact) mass is 742 g/mol. The van der Waals surface area contributed by atoms with Crippen LogP contribution < -0.4 is 0 Å². The predicted octanol–water partition coefficient (Wildman–Crippen LogP) is 15.2. The van der Waals surface area contributed by atoms with Crippen LogP contribution in [0.3, 0.4) is 0 Å². The Balaban J connectivity index is 1.06. The van der Waals surface area contributed by atoms with E-state index >= 15 is 0 Å². The molecule has 0 fully saturated rings. The summed E-state index contributed by atoms with van der Waals surface area (Å²) in [6.07, 6.45) is 0. The van der Waals surface area contributed by atoms with Gasteiger partial charge in [0.15, 0.2) is 0 Å². The number of thiophene rings is 1. The summed E-state index contributed by atoms with van der Waals surface area (Å²) in [7, 11) is 0. The van der Waals surface area contributed by atoms with E-state index in [2.05, 4.69) is 215 Å². The molecule has 12 aromatic rings. The minimum Gasteiger partial charge on any atom is -0.309 e. The van der Waals surface area contributed by atoms with Crippen LogP contribution in [0.5, 0.6) is 0 Å². The Bertz CT molecular complexity index is 3510. The van der Waals surface area contributed by atoms with Gasteiger partial charge in [-0.3, -0.25) is 0 Å². The molecule has 0 aliphatic carbocycles. The Morgan fingerprint density at radius 3 is 1.63 bits per heavy atom. The van der Waals surface area contributed by atoms with E-state index in [-0.39, 0.29) is 0 Å². The van der Waals surface area contributed by atoms with E-state index in [1.54, 1.807) is 0 Å². The fourth-order valence-corrected chi connectivity index (χ4v) is 10.2. The van der Waals surface area contributed by atoms with Crippen molar-refractivity contribution in [1.29, 1.82) is 0 Å². The lowest BCUT2D eigenvalue weighted by molar-refractivity contribution is 1.18. The molecule has 0 saturated heterocycles. The molecule has 0 unspecified atom stereocenters. The maximum atomic E-state index is 2.47. The average Bonchev–Trinajstić information content (AvgIpc) is 3.93. The molecule has 12 rings (SSSR count). The Hall–Kier alpha value is -7.20. The van der Waals surface area contributed by atoms with Crippen LogP contribution in [-0.2, 0) is 0 Å². The van der Waals surface area contributed by atoms with Crippen LogP contribution >= 0.6 is 11.3 Å². The van der Waals surface area contributed by atoms with Crippen molar-refractivity contribution in [2.45, 2.75) is 0 Å². The highest BCUT2D eigenvalue weighted by Crippen LogP contribution is 2.42. The lowest BCUT2D eigenvalue weighted by Crippen LogP contribution is -1.97. The smallest absolute Gasteiger partial charge is 0.0547 e. The first-order valence-corrected chi connectivity index (χ1v) is 20.3. The lowest BCUT2D eigenvalue weighted by Gasteiger charge is -2.14. The maximum Gasteiger partial charge on any atom is 0.0547 e. The fourth-order valence-electron chi connectivity index (χ4n) is 9.08. The third-order valence-electron chi connectivity index (χ3n) is 11.7. The van der Waals surface area contributed by atoms with Gasteiger partial charge in [-0.05, 0) is 94.5 Å². The molecule has 0 N–H and O–H groups in total. The van der Waals surface area contributed by atoms with Crippen LogP contribution in [0.25, 0.3) is 109 Å². The SMILES string of the molecule is c1ccc(-c2ccc3c4cc(-c5ccc6c(c5)c5ccccc5n6-c5ccc6sc7ccccc7c6c5)ccc4n(-c4ccccc4-c4ccccc4)c3c2)cc1. The van der Waals surface area contributed by atoms with Gasteiger partial charge in [-0.15, -0.1) is 11.3 Å². The van der Waals surface area contributed by atoms with Crippen molar-refractivity contribution in [1.82, 2.24) is 9.13 Å². The van der Waals surface area contributed by atoms with E-state index in [0.717, 1.165) is 0 Å². The molecule has 3 heterocycles. The van der Waals surface area contributed by atoms with Crippen molar-refractivity contribution in [3.63, 3.8) is 0 Å². The van der Waals surface area contributed by atoms with E-state index < -0.39 is 0 Å². The summed E-state index contributed by atoms with van der Waals surface area (Å²) in [6, 6.07) is 75.7. The van der Waals surface area contributed by atoms with Gasteiger partial charge >= 0.3 is 0 Å². The van der Waals surface area contributed by atoms with Gasteiger partial charge in [0.2, 0.25) is 0 Å². The fraction of sp³-hybridized carbons (Fsp3) is 0. The van der Waals surface area contributed by atoms with Crippen LogP contribution in [0, 0.1) is 0 Å². The largest absolute Gasteiger partial charge is 0.309 e. The summed E-state index contributed by atoms with van der Waals surface area (Å²) < 4.78 is 7.55. The molecule has 3 heteroatoms. The molecule has 0 spiro atoms. The van der Waals surface area contributed by atoms with Crippen molar-refractivity contribution in [2.24, 2.45) is 0 Å². The summed E-state index contributed by atoms with van der Waals surface area (Å²) in [5.41, 5.74) is 14.4. The summed E-state index contributed by atoms with van der Waals surface area (Å²) >= 11 is 1.86. The normalized spacial score (nSPS) is 11.9. The number of hydrogen-bond acceptors (Lipinski definition) is 1. The van der Waals surface area contributed by atoms with Crippen molar-refractivity contribution < 1.29 is 0 Å². The van der Waals surface area contributed by atoms with Crippen molar-refractivity contribution in [2.75, 3.05) is 0 Å². The molecule has 0 bridgehead atoms. The summed E-state index contributed by atoms with van der Waals surface area (Å²) in [6.45, 7) is 0. The van der Waals surface area contributed by atoms with E-state index in [1.165, 1.54) is 109 Å². The number of nitrogens with zero attached hydrogens (tertiary/aromatic N) is 2. The third kappa shape index (κ3) is 5.03. The molecule has 0 atom stereocenters. The molecule has 0 aliphatic rings. The topological polar surface area (TPSA) is 9.86 Å². The molecule has 0 aliphatic heterocycles. The first-order valence-electron chi connectivity index (χ1n) is 19.5. The Kier molecular flexibility index (Phi) is 7.13. The van der Waals surface area contributed by atoms with Gasteiger partial charge < -0.3 is 9.13 Å². The number of benzene rings is 9. The third-order valence-corrected chi connectivity index (χ3v) is 12.9. The van der Waals surface area contributed by atoms with Gasteiger partial charge in [0.25, 0.3) is 0 Å². The summed E-state index contributed by atoms with van der Waals surface area (Å²) in [5, 5.41) is 7.62. The van der Waals surface area contributed by atoms with E-state index in [9.17, 15) is 0 Å². The zero-order valence-electron chi connectivity index (χ0n) is 30.9. The highest BCUT2D eigenvalue weighted by atomic mass is 32.1. The molecule has 2 nitrogen and oxygen atoms in total. The minimum atomic E-state index is 1.17. The van der Waals surface area contributed by atoms with Gasteiger partial charge in [0.1, 0.15) is 0 Å². The highest BCUT2D eigenvalue weighted by Gasteiger charge is 2.19. The number of aromatic nitrogens is 2. The number of rotatable bonds is 5. The number of fused-ring (bicyclic) bond motifs is 9. The van der Waals surface area contributed by atoms with Gasteiger partial charge in [0.05, 0.1) is 27.8 Å². The summed E-state index contributed by atoms with van der Waals surface area (Å²) in [4.78, 5) is 0. The van der Waals surface area contributed by atoms with Crippen LogP contribution in [0.2, 0.25) is 0 Å². The quantitative estimate of drug-likeness (QED) is 0.166. The molecule has 57 heavy (non-hydrogen) atoms. The Morgan fingerprint density at radius 2 is 0.842 bits per heavy atom. The Labute approximate surface area is 333 Å². The molecular weight excluding hydrogens is 709 g/mol. The number of hydrogen-bond donors (Lipinski definition) is 0. The second-order valence-corrected chi connectivity index (χ2v) is 16.0. The van der Waals surface area contributed by atoms with Gasteiger partial charge in [-0.1, -0.05) is 140 Å². The van der Waals surface area contributed by atoms with Gasteiger partial charge in [0, 0.05) is 53.0 Å². The molecule has 0 radical (unpaired) electrons. The molecule has 266 valence electrons. The zero-order valence-corrected chi connectivity index (χ0v) is 31.7. The standard InChI is InChI=1S/C54H34N2S/c1-3-13-35(14-4-1)39-23-27-43-46-32-38(25-29-51(46)56(52(43)33-39)48-20-10-7-17-41(48)36-15-5-2-6-16-36)37-24-28-50-45(31-37)42-18-8-11-21-49(42)55(50)40-26-30-54-47(34-40)44-19-9-12-22-53(44)57-54/h1-34H. The van der Waals surface area contributed by atoms with Crippen LogP contribution in [0.15, 0.2) is 206 Å². The predicted molar refractivity (Wildman–Crippen MR) is 244 cm³/mol. The van der Waals surface area contributed by atoms with E-state index in [4.69, 9.17) is 0 Å². The van der Waals surface area contributed by atoms with Crippen LogP contribution in [0.4, 0.5) is 0 Å². The zero-order chi connectivity index (χ0) is 37.5. The molecule has 0 amide bonds. The van der Waals surface area contributed by atoms with E-state index in [1.807, 2.05) is 11.3 Å². The van der Waals surface area contributed by atoms with Crippen molar-refractivity contribution >= 4 is 75.1 Å². The Morgan fingerprint density at radius 1 is 0.281 bits per heavy atom. The van der Waals surface area contributed by atoms with Crippen molar-refractivity contribution in [3.05, 3.63) is 206 Å². The molecule has 3 aromatic heterocycles. The summed E-state index contributed by atoms with van der Waals surface area (Å²) in [5.74, 6) is 0. The maximum absolute atomic E-state index is 2.47. The molecular formula is C54H34N2S.